The molecule has 14 heavy (non-hydrogen) atoms. The van der Waals surface area contributed by atoms with Crippen LogP contribution in [0.1, 0.15) is 0 Å². The van der Waals surface area contributed by atoms with E-state index < -0.39 is 0 Å². The summed E-state index contributed by atoms with van der Waals surface area (Å²) in [7, 11) is 0. The van der Waals surface area contributed by atoms with Gasteiger partial charge in [-0.3, -0.25) is 9.97 Å². The van der Waals surface area contributed by atoms with Gasteiger partial charge in [0, 0.05) is 44.9 Å². The number of pyridine rings is 2. The monoisotopic (exact) mass is 312 g/mol. The summed E-state index contributed by atoms with van der Waals surface area (Å²) in [6.45, 7) is 0. The van der Waals surface area contributed by atoms with Gasteiger partial charge in [-0.15, -0.1) is 0 Å². The Hall–Kier alpha value is -0.740. The van der Waals surface area contributed by atoms with Crippen LogP contribution in [0.3, 0.4) is 0 Å². The van der Waals surface area contributed by atoms with Crippen LogP contribution in [-0.2, 0) is 0 Å². The van der Waals surface area contributed by atoms with Crippen LogP contribution in [0.2, 0.25) is 0 Å². The summed E-state index contributed by atoms with van der Waals surface area (Å²) < 4.78 is 2.03. The highest BCUT2D eigenvalue weighted by molar-refractivity contribution is 9.11. The number of nitrogens with zero attached hydrogens (tertiary/aromatic N) is 2. The third-order valence-electron chi connectivity index (χ3n) is 1.83. The summed E-state index contributed by atoms with van der Waals surface area (Å²) in [6.07, 6.45) is 7.12. The zero-order chi connectivity index (χ0) is 9.97. The van der Waals surface area contributed by atoms with Crippen molar-refractivity contribution in [3.05, 3.63) is 45.9 Å². The normalized spacial score (nSPS) is 10.1. The van der Waals surface area contributed by atoms with Gasteiger partial charge in [0.2, 0.25) is 0 Å². The van der Waals surface area contributed by atoms with Gasteiger partial charge in [0.25, 0.3) is 0 Å². The van der Waals surface area contributed by atoms with Crippen molar-refractivity contribution >= 4 is 31.9 Å². The van der Waals surface area contributed by atoms with Crippen LogP contribution in [0.25, 0.3) is 11.1 Å². The van der Waals surface area contributed by atoms with Gasteiger partial charge in [0.1, 0.15) is 0 Å². The highest BCUT2D eigenvalue weighted by Crippen LogP contribution is 2.31. The third-order valence-corrected chi connectivity index (χ3v) is 3.21. The molecule has 2 aromatic rings. The van der Waals surface area contributed by atoms with Gasteiger partial charge < -0.3 is 0 Å². The molecule has 0 fully saturated rings. The zero-order valence-corrected chi connectivity index (χ0v) is 10.3. The van der Waals surface area contributed by atoms with Crippen LogP contribution in [0.5, 0.6) is 0 Å². The smallest absolute Gasteiger partial charge is 0.0358 e. The second-order valence-electron chi connectivity index (χ2n) is 2.71. The van der Waals surface area contributed by atoms with Gasteiger partial charge in [-0.2, -0.15) is 0 Å². The zero-order valence-electron chi connectivity index (χ0n) is 7.11. The van der Waals surface area contributed by atoms with Crippen molar-refractivity contribution in [2.45, 2.75) is 0 Å². The Balaban J connectivity index is 2.61. The number of hydrogen-bond donors (Lipinski definition) is 0. The standard InChI is InChI=1S/C10H6Br2N2/c11-9-1-3-13-5-7(9)8-6-14-4-2-10(8)12/h1-6H. The average molecular weight is 314 g/mol. The predicted molar refractivity (Wildman–Crippen MR) is 62.9 cm³/mol. The van der Waals surface area contributed by atoms with E-state index in [4.69, 9.17) is 0 Å². The molecule has 0 aliphatic heterocycles. The summed E-state index contributed by atoms with van der Waals surface area (Å²) in [5.74, 6) is 0. The molecule has 0 N–H and O–H groups in total. The SMILES string of the molecule is Brc1ccncc1-c1cnccc1Br. The van der Waals surface area contributed by atoms with E-state index in [-0.39, 0.29) is 0 Å². The molecule has 0 saturated carbocycles. The fourth-order valence-corrected chi connectivity index (χ4v) is 2.02. The Bertz CT molecular complexity index is 414. The molecule has 2 aromatic heterocycles. The molecule has 0 radical (unpaired) electrons. The molecule has 70 valence electrons. The van der Waals surface area contributed by atoms with Gasteiger partial charge in [-0.25, -0.2) is 0 Å². The van der Waals surface area contributed by atoms with Crippen molar-refractivity contribution in [2.24, 2.45) is 0 Å². The molecule has 2 rings (SSSR count). The maximum Gasteiger partial charge on any atom is 0.0358 e. The first-order valence-corrected chi connectivity index (χ1v) is 5.57. The van der Waals surface area contributed by atoms with Crippen molar-refractivity contribution in [1.29, 1.82) is 0 Å². The molecule has 0 bridgehead atoms. The molecule has 0 saturated heterocycles. The van der Waals surface area contributed by atoms with E-state index in [1.54, 1.807) is 12.4 Å². The van der Waals surface area contributed by atoms with E-state index >= 15 is 0 Å². The van der Waals surface area contributed by atoms with Crippen LogP contribution < -0.4 is 0 Å². The topological polar surface area (TPSA) is 25.8 Å². The van der Waals surface area contributed by atoms with Gasteiger partial charge in [0.15, 0.2) is 0 Å². The van der Waals surface area contributed by atoms with Crippen LogP contribution in [0.4, 0.5) is 0 Å². The van der Waals surface area contributed by atoms with E-state index in [9.17, 15) is 0 Å². The first-order valence-electron chi connectivity index (χ1n) is 3.98. The first-order chi connectivity index (χ1) is 6.79. The summed E-state index contributed by atoms with van der Waals surface area (Å²) in [4.78, 5) is 8.17. The highest BCUT2D eigenvalue weighted by atomic mass is 79.9. The van der Waals surface area contributed by atoms with Gasteiger partial charge in [-0.05, 0) is 12.1 Å². The molecule has 0 unspecified atom stereocenters. The van der Waals surface area contributed by atoms with E-state index in [1.807, 2.05) is 24.5 Å². The second kappa shape index (κ2) is 4.19. The molecule has 0 spiro atoms. The maximum atomic E-state index is 4.08. The summed E-state index contributed by atoms with van der Waals surface area (Å²) in [5.41, 5.74) is 2.07. The molecular formula is C10H6Br2N2. The lowest BCUT2D eigenvalue weighted by molar-refractivity contribution is 1.28. The molecule has 4 heteroatoms. The van der Waals surface area contributed by atoms with Crippen molar-refractivity contribution in [2.75, 3.05) is 0 Å². The minimum absolute atomic E-state index is 1.02. The Morgan fingerprint density at radius 2 is 1.21 bits per heavy atom. The summed E-state index contributed by atoms with van der Waals surface area (Å²) in [6, 6.07) is 3.82. The van der Waals surface area contributed by atoms with Gasteiger partial charge >= 0.3 is 0 Å². The Morgan fingerprint density at radius 1 is 0.786 bits per heavy atom. The largest absolute Gasteiger partial charge is 0.264 e. The minimum atomic E-state index is 1.02. The molecule has 0 atom stereocenters. The van der Waals surface area contributed by atoms with Crippen LogP contribution in [0.15, 0.2) is 45.9 Å². The Morgan fingerprint density at radius 3 is 1.57 bits per heavy atom. The van der Waals surface area contributed by atoms with E-state index in [0.29, 0.717) is 0 Å². The van der Waals surface area contributed by atoms with Crippen molar-refractivity contribution in [3.8, 4) is 11.1 Å². The average Bonchev–Trinajstić information content (AvgIpc) is 2.20. The molecule has 0 aliphatic carbocycles. The summed E-state index contributed by atoms with van der Waals surface area (Å²) >= 11 is 6.96. The second-order valence-corrected chi connectivity index (χ2v) is 4.42. The fourth-order valence-electron chi connectivity index (χ4n) is 1.15. The number of aromatic nitrogens is 2. The van der Waals surface area contributed by atoms with E-state index in [0.717, 1.165) is 20.1 Å². The van der Waals surface area contributed by atoms with Crippen LogP contribution in [0, 0.1) is 0 Å². The molecular weight excluding hydrogens is 308 g/mol. The molecule has 0 amide bonds. The lowest BCUT2D eigenvalue weighted by Gasteiger charge is -2.04. The Labute approximate surface area is 98.7 Å². The maximum absolute atomic E-state index is 4.08. The fraction of sp³-hybridized carbons (Fsp3) is 0. The molecule has 2 heterocycles. The van der Waals surface area contributed by atoms with Gasteiger partial charge in [0.05, 0.1) is 0 Å². The molecule has 0 aromatic carbocycles. The van der Waals surface area contributed by atoms with Crippen LogP contribution in [-0.4, -0.2) is 9.97 Å². The van der Waals surface area contributed by atoms with Crippen molar-refractivity contribution in [3.63, 3.8) is 0 Å². The molecule has 0 aliphatic rings. The highest BCUT2D eigenvalue weighted by Gasteiger charge is 2.05. The predicted octanol–water partition coefficient (Wildman–Crippen LogP) is 3.67. The van der Waals surface area contributed by atoms with E-state index in [2.05, 4.69) is 41.8 Å². The molecule has 2 nitrogen and oxygen atoms in total. The lowest BCUT2D eigenvalue weighted by atomic mass is 10.1. The quantitative estimate of drug-likeness (QED) is 0.803. The number of rotatable bonds is 1. The minimum Gasteiger partial charge on any atom is -0.264 e. The van der Waals surface area contributed by atoms with E-state index in [1.165, 1.54) is 0 Å². The Kier molecular flexibility index (Phi) is 2.93. The number of hydrogen-bond acceptors (Lipinski definition) is 2. The first kappa shape index (κ1) is 9.80. The van der Waals surface area contributed by atoms with Crippen LogP contribution >= 0.6 is 31.9 Å². The lowest BCUT2D eigenvalue weighted by Crippen LogP contribution is -1.84. The third kappa shape index (κ3) is 1.86. The van der Waals surface area contributed by atoms with Gasteiger partial charge in [-0.1, -0.05) is 31.9 Å². The number of halogens is 2. The summed E-state index contributed by atoms with van der Waals surface area (Å²) in [5, 5.41) is 0. The van der Waals surface area contributed by atoms with Crippen molar-refractivity contribution in [1.82, 2.24) is 9.97 Å². The van der Waals surface area contributed by atoms with Crippen molar-refractivity contribution < 1.29 is 0 Å².